The Morgan fingerprint density at radius 3 is 2.86 bits per heavy atom. The number of hydrogen-bond donors (Lipinski definition) is 0. The average Bonchev–Trinajstić information content (AvgIpc) is 2.49. The Hall–Kier alpha value is -1.36. The van der Waals surface area contributed by atoms with Gasteiger partial charge in [-0.25, -0.2) is 0 Å². The molecule has 1 fully saturated rings. The van der Waals surface area contributed by atoms with Crippen LogP contribution in [0.15, 0.2) is 22.7 Å². The molecule has 0 saturated carbocycles. The van der Waals surface area contributed by atoms with E-state index in [1.807, 2.05) is 30.0 Å². The zero-order valence-electron chi connectivity index (χ0n) is 12.4. The monoisotopic (exact) mass is 353 g/mol. The molecule has 1 aliphatic heterocycles. The molecule has 0 bridgehead atoms. The molecule has 0 spiro atoms. The lowest BCUT2D eigenvalue weighted by atomic mass is 9.97. The first-order valence-corrected chi connectivity index (χ1v) is 7.96. The van der Waals surface area contributed by atoms with Gasteiger partial charge in [0.05, 0.1) is 13.5 Å². The SMILES string of the molecule is COC(=O)CC1CCCCN1C(=O)c1cc(Br)ccc1C. The topological polar surface area (TPSA) is 46.6 Å². The Labute approximate surface area is 133 Å². The molecule has 1 saturated heterocycles. The van der Waals surface area contributed by atoms with Crippen molar-refractivity contribution in [1.82, 2.24) is 4.90 Å². The summed E-state index contributed by atoms with van der Waals surface area (Å²) in [6, 6.07) is 5.64. The Morgan fingerprint density at radius 1 is 1.38 bits per heavy atom. The number of esters is 1. The maximum absolute atomic E-state index is 12.8. The molecule has 5 heteroatoms. The van der Waals surface area contributed by atoms with Crippen molar-refractivity contribution in [2.75, 3.05) is 13.7 Å². The van der Waals surface area contributed by atoms with Gasteiger partial charge in [0, 0.05) is 22.6 Å². The minimum atomic E-state index is -0.259. The van der Waals surface area contributed by atoms with Crippen molar-refractivity contribution in [2.24, 2.45) is 0 Å². The Kier molecular flexibility index (Phi) is 5.39. The smallest absolute Gasteiger partial charge is 0.307 e. The van der Waals surface area contributed by atoms with E-state index in [1.54, 1.807) is 0 Å². The minimum Gasteiger partial charge on any atom is -0.469 e. The third-order valence-corrected chi connectivity index (χ3v) is 4.44. The lowest BCUT2D eigenvalue weighted by molar-refractivity contribution is -0.142. The molecular formula is C16H20BrNO3. The number of hydrogen-bond acceptors (Lipinski definition) is 3. The number of carbonyl (C=O) groups excluding carboxylic acids is 2. The predicted octanol–water partition coefficient (Wildman–Crippen LogP) is 3.32. The fraction of sp³-hybridized carbons (Fsp3) is 0.500. The Morgan fingerprint density at radius 2 is 2.14 bits per heavy atom. The highest BCUT2D eigenvalue weighted by molar-refractivity contribution is 9.10. The number of benzene rings is 1. The summed E-state index contributed by atoms with van der Waals surface area (Å²) in [7, 11) is 1.38. The molecule has 1 heterocycles. The van der Waals surface area contributed by atoms with Crippen LogP contribution in [0.5, 0.6) is 0 Å². The van der Waals surface area contributed by atoms with E-state index < -0.39 is 0 Å². The molecule has 0 aromatic heterocycles. The van der Waals surface area contributed by atoms with Gasteiger partial charge in [0.15, 0.2) is 0 Å². The second-order valence-corrected chi connectivity index (χ2v) is 6.30. The van der Waals surface area contributed by atoms with Crippen molar-refractivity contribution < 1.29 is 14.3 Å². The van der Waals surface area contributed by atoms with Crippen molar-refractivity contribution in [3.63, 3.8) is 0 Å². The molecular weight excluding hydrogens is 334 g/mol. The zero-order chi connectivity index (χ0) is 15.4. The van der Waals surface area contributed by atoms with Gasteiger partial charge in [0.2, 0.25) is 0 Å². The summed E-state index contributed by atoms with van der Waals surface area (Å²) in [5.41, 5.74) is 1.65. The van der Waals surface area contributed by atoms with Crippen LogP contribution in [0.4, 0.5) is 0 Å². The highest BCUT2D eigenvalue weighted by Gasteiger charge is 2.30. The van der Waals surface area contributed by atoms with Crippen molar-refractivity contribution >= 4 is 27.8 Å². The molecule has 1 aliphatic rings. The van der Waals surface area contributed by atoms with E-state index >= 15 is 0 Å². The van der Waals surface area contributed by atoms with E-state index in [0.717, 1.165) is 29.3 Å². The number of ether oxygens (including phenoxy) is 1. The number of rotatable bonds is 3. The number of piperidine rings is 1. The molecule has 21 heavy (non-hydrogen) atoms. The lowest BCUT2D eigenvalue weighted by Crippen LogP contribution is -2.45. The normalized spacial score (nSPS) is 18.4. The van der Waals surface area contributed by atoms with Crippen LogP contribution in [-0.2, 0) is 9.53 Å². The molecule has 114 valence electrons. The predicted molar refractivity (Wildman–Crippen MR) is 84.2 cm³/mol. The summed E-state index contributed by atoms with van der Waals surface area (Å²) in [5.74, 6) is -0.256. The quantitative estimate of drug-likeness (QED) is 0.783. The maximum Gasteiger partial charge on any atom is 0.307 e. The van der Waals surface area contributed by atoms with Crippen LogP contribution in [0.2, 0.25) is 0 Å². The van der Waals surface area contributed by atoms with Gasteiger partial charge in [-0.15, -0.1) is 0 Å². The van der Waals surface area contributed by atoms with Crippen LogP contribution < -0.4 is 0 Å². The van der Waals surface area contributed by atoms with E-state index in [-0.39, 0.29) is 24.3 Å². The number of carbonyl (C=O) groups is 2. The highest BCUT2D eigenvalue weighted by Crippen LogP contribution is 2.25. The number of likely N-dealkylation sites (tertiary alicyclic amines) is 1. The maximum atomic E-state index is 12.8. The molecule has 1 unspecified atom stereocenters. The first kappa shape index (κ1) is 16.0. The number of methoxy groups -OCH3 is 1. The van der Waals surface area contributed by atoms with E-state index in [4.69, 9.17) is 4.74 Å². The first-order valence-electron chi connectivity index (χ1n) is 7.17. The van der Waals surface area contributed by atoms with Crippen LogP contribution in [0.3, 0.4) is 0 Å². The van der Waals surface area contributed by atoms with Crippen LogP contribution in [-0.4, -0.2) is 36.5 Å². The Bertz CT molecular complexity index is 544. The van der Waals surface area contributed by atoms with Crippen LogP contribution >= 0.6 is 15.9 Å². The van der Waals surface area contributed by atoms with Gasteiger partial charge in [-0.3, -0.25) is 9.59 Å². The number of amides is 1. The van der Waals surface area contributed by atoms with Crippen molar-refractivity contribution in [2.45, 2.75) is 38.6 Å². The first-order chi connectivity index (χ1) is 10.0. The second kappa shape index (κ2) is 7.07. The van der Waals surface area contributed by atoms with Crippen molar-refractivity contribution in [3.8, 4) is 0 Å². The highest BCUT2D eigenvalue weighted by atomic mass is 79.9. The lowest BCUT2D eigenvalue weighted by Gasteiger charge is -2.35. The summed E-state index contributed by atoms with van der Waals surface area (Å²) < 4.78 is 5.63. The van der Waals surface area contributed by atoms with Crippen molar-refractivity contribution in [1.29, 1.82) is 0 Å². The second-order valence-electron chi connectivity index (χ2n) is 5.39. The molecule has 2 rings (SSSR count). The molecule has 1 atom stereocenters. The van der Waals surface area contributed by atoms with Gasteiger partial charge in [0.25, 0.3) is 5.91 Å². The van der Waals surface area contributed by atoms with Gasteiger partial charge < -0.3 is 9.64 Å². The van der Waals surface area contributed by atoms with Crippen LogP contribution in [0.25, 0.3) is 0 Å². The third-order valence-electron chi connectivity index (χ3n) is 3.95. The average molecular weight is 354 g/mol. The van der Waals surface area contributed by atoms with E-state index in [1.165, 1.54) is 7.11 Å². The Balaban J connectivity index is 2.22. The van der Waals surface area contributed by atoms with Crippen LogP contribution in [0.1, 0.15) is 41.6 Å². The van der Waals surface area contributed by atoms with E-state index in [9.17, 15) is 9.59 Å². The standard InChI is InChI=1S/C16H20BrNO3/c1-11-6-7-12(17)9-14(11)16(20)18-8-4-3-5-13(18)10-15(19)21-2/h6-7,9,13H,3-5,8,10H2,1-2H3. The van der Waals surface area contributed by atoms with Gasteiger partial charge in [-0.2, -0.15) is 0 Å². The van der Waals surface area contributed by atoms with Crippen molar-refractivity contribution in [3.05, 3.63) is 33.8 Å². The van der Waals surface area contributed by atoms with Gasteiger partial charge in [-0.05, 0) is 43.9 Å². The zero-order valence-corrected chi connectivity index (χ0v) is 14.0. The number of aryl methyl sites for hydroxylation is 1. The van der Waals surface area contributed by atoms with Gasteiger partial charge in [0.1, 0.15) is 0 Å². The fourth-order valence-corrected chi connectivity index (χ4v) is 3.10. The summed E-state index contributed by atoms with van der Waals surface area (Å²) in [6.07, 6.45) is 3.16. The summed E-state index contributed by atoms with van der Waals surface area (Å²) >= 11 is 3.41. The van der Waals surface area contributed by atoms with E-state index in [2.05, 4.69) is 15.9 Å². The van der Waals surface area contributed by atoms with Gasteiger partial charge in [-0.1, -0.05) is 22.0 Å². The summed E-state index contributed by atoms with van der Waals surface area (Å²) in [4.78, 5) is 26.2. The molecule has 1 aromatic carbocycles. The molecule has 1 amide bonds. The molecule has 0 radical (unpaired) electrons. The fourth-order valence-electron chi connectivity index (χ4n) is 2.74. The van der Waals surface area contributed by atoms with Gasteiger partial charge >= 0.3 is 5.97 Å². The molecule has 0 aliphatic carbocycles. The number of nitrogens with zero attached hydrogens (tertiary/aromatic N) is 1. The number of halogens is 1. The van der Waals surface area contributed by atoms with Crippen LogP contribution in [0, 0.1) is 6.92 Å². The molecule has 0 N–H and O–H groups in total. The largest absolute Gasteiger partial charge is 0.469 e. The molecule has 4 nitrogen and oxygen atoms in total. The summed E-state index contributed by atoms with van der Waals surface area (Å²) in [5, 5.41) is 0. The molecule has 1 aromatic rings. The minimum absolute atomic E-state index is 0.00223. The van der Waals surface area contributed by atoms with E-state index in [0.29, 0.717) is 12.1 Å². The third kappa shape index (κ3) is 3.84. The summed E-state index contributed by atoms with van der Waals surface area (Å²) in [6.45, 7) is 2.63.